The second kappa shape index (κ2) is 13.2. The van der Waals surface area contributed by atoms with Crippen LogP contribution in [0.5, 0.6) is 5.75 Å². The number of esters is 1. The van der Waals surface area contributed by atoms with Gasteiger partial charge < -0.3 is 20.7 Å². The molecule has 0 radical (unpaired) electrons. The number of aromatic carboxylic acids is 1. The van der Waals surface area contributed by atoms with Crippen LogP contribution in [0, 0.1) is 0 Å². The summed E-state index contributed by atoms with van der Waals surface area (Å²) >= 11 is 0. The number of carboxylic acid groups (broad SMARTS) is 1. The van der Waals surface area contributed by atoms with E-state index in [4.69, 9.17) is 15.6 Å². The van der Waals surface area contributed by atoms with Crippen LogP contribution in [0.15, 0.2) is 36.4 Å². The lowest BCUT2D eigenvalue weighted by molar-refractivity contribution is 0.0497. The number of benzene rings is 2. The van der Waals surface area contributed by atoms with Crippen molar-refractivity contribution in [3.05, 3.63) is 58.7 Å². The number of hydrogen-bond acceptors (Lipinski definition) is 5. The molecule has 0 aromatic heterocycles. The molecule has 0 atom stereocenters. The fraction of sp³-hybridized carbons (Fsp3) is 0.417. The summed E-state index contributed by atoms with van der Waals surface area (Å²) in [7, 11) is 0. The average Bonchev–Trinajstić information content (AvgIpc) is 2.76. The number of carboxylic acids is 1. The van der Waals surface area contributed by atoms with E-state index in [1.54, 1.807) is 12.1 Å². The number of anilines is 1. The zero-order valence-corrected chi connectivity index (χ0v) is 18.1. The van der Waals surface area contributed by atoms with E-state index in [2.05, 4.69) is 6.92 Å². The summed E-state index contributed by atoms with van der Waals surface area (Å²) < 4.78 is 5.14. The Balaban J connectivity index is 0.000000300. The number of nitrogen functional groups attached to an aromatic ring is 1. The fourth-order valence-corrected chi connectivity index (χ4v) is 3.04. The summed E-state index contributed by atoms with van der Waals surface area (Å²) in [6, 6.07) is 10.6. The lowest BCUT2D eigenvalue weighted by atomic mass is 9.97. The van der Waals surface area contributed by atoms with Gasteiger partial charge in [-0.2, -0.15) is 0 Å². The normalized spacial score (nSPS) is 10.1. The predicted molar refractivity (Wildman–Crippen MR) is 119 cm³/mol. The molecule has 4 N–H and O–H groups in total. The number of ether oxygens (including phenoxy) is 1. The number of phenols is 1. The first-order valence-electron chi connectivity index (χ1n) is 10.5. The summed E-state index contributed by atoms with van der Waals surface area (Å²) in [5, 5.41) is 18.5. The molecule has 30 heavy (non-hydrogen) atoms. The molecule has 0 aliphatic carbocycles. The molecule has 2 aromatic rings. The molecular formula is C24H33NO5. The molecule has 0 amide bonds. The molecule has 0 spiro atoms. The van der Waals surface area contributed by atoms with Crippen LogP contribution in [0.2, 0.25) is 0 Å². The van der Waals surface area contributed by atoms with Gasteiger partial charge in [-0.15, -0.1) is 0 Å². The highest BCUT2D eigenvalue weighted by atomic mass is 16.5. The van der Waals surface area contributed by atoms with Gasteiger partial charge in [0.1, 0.15) is 5.56 Å². The molecule has 0 bridgehead atoms. The van der Waals surface area contributed by atoms with Gasteiger partial charge in [-0.1, -0.05) is 58.2 Å². The number of aryl methyl sites for hydroxylation is 1. The van der Waals surface area contributed by atoms with Gasteiger partial charge in [0, 0.05) is 0 Å². The number of rotatable bonds is 9. The summed E-state index contributed by atoms with van der Waals surface area (Å²) in [6.07, 6.45) is 5.90. The van der Waals surface area contributed by atoms with Crippen LogP contribution in [0.3, 0.4) is 0 Å². The summed E-state index contributed by atoms with van der Waals surface area (Å²) in [6.45, 7) is 6.55. The third-order valence-corrected chi connectivity index (χ3v) is 4.75. The highest BCUT2D eigenvalue weighted by Gasteiger charge is 2.17. The zero-order valence-electron chi connectivity index (χ0n) is 18.1. The highest BCUT2D eigenvalue weighted by molar-refractivity contribution is 5.94. The molecule has 0 heterocycles. The Labute approximate surface area is 178 Å². The van der Waals surface area contributed by atoms with E-state index >= 15 is 0 Å². The summed E-state index contributed by atoms with van der Waals surface area (Å²) in [5.41, 5.74) is 8.11. The number of carbonyl (C=O) groups is 2. The first kappa shape index (κ1) is 25.0. The maximum absolute atomic E-state index is 11.5. The van der Waals surface area contributed by atoms with Gasteiger partial charge >= 0.3 is 11.9 Å². The molecule has 0 unspecified atom stereocenters. The fourth-order valence-electron chi connectivity index (χ4n) is 3.04. The molecule has 6 heteroatoms. The zero-order chi connectivity index (χ0) is 22.5. The van der Waals surface area contributed by atoms with E-state index in [0.29, 0.717) is 25.0 Å². The van der Waals surface area contributed by atoms with Crippen LogP contribution in [-0.4, -0.2) is 28.8 Å². The van der Waals surface area contributed by atoms with Gasteiger partial charge in [-0.05, 0) is 48.6 Å². The first-order chi connectivity index (χ1) is 14.4. The number of nitrogens with two attached hydrogens (primary N) is 1. The number of aromatic hydroxyl groups is 1. The second-order valence-corrected chi connectivity index (χ2v) is 6.90. The molecular weight excluding hydrogens is 382 g/mol. The molecule has 0 saturated carbocycles. The van der Waals surface area contributed by atoms with Crippen molar-refractivity contribution in [3.63, 3.8) is 0 Å². The van der Waals surface area contributed by atoms with Crippen molar-refractivity contribution in [1.82, 2.24) is 0 Å². The SMILES string of the molecule is CCCCCCOC(=O)c1ccccc1.CCc1cc(C(=O)O)c(O)c(N)c1CC. The van der Waals surface area contributed by atoms with E-state index < -0.39 is 5.97 Å². The average molecular weight is 416 g/mol. The third kappa shape index (κ3) is 7.43. The minimum Gasteiger partial charge on any atom is -0.505 e. The van der Waals surface area contributed by atoms with E-state index in [0.717, 1.165) is 24.0 Å². The number of unbranched alkanes of at least 4 members (excludes halogenated alkanes) is 3. The van der Waals surface area contributed by atoms with Crippen LogP contribution in [-0.2, 0) is 17.6 Å². The van der Waals surface area contributed by atoms with Crippen LogP contribution < -0.4 is 5.73 Å². The Bertz CT molecular complexity index is 818. The summed E-state index contributed by atoms with van der Waals surface area (Å²) in [5.74, 6) is -1.69. The van der Waals surface area contributed by atoms with Crippen molar-refractivity contribution in [1.29, 1.82) is 0 Å². The maximum atomic E-state index is 11.5. The van der Waals surface area contributed by atoms with Gasteiger partial charge in [0.05, 0.1) is 17.9 Å². The molecule has 164 valence electrons. The third-order valence-electron chi connectivity index (χ3n) is 4.75. The van der Waals surface area contributed by atoms with Crippen molar-refractivity contribution < 1.29 is 24.5 Å². The van der Waals surface area contributed by atoms with Gasteiger partial charge in [0.2, 0.25) is 0 Å². The van der Waals surface area contributed by atoms with Crippen molar-refractivity contribution >= 4 is 17.6 Å². The molecule has 2 rings (SSSR count). The molecule has 0 fully saturated rings. The topological polar surface area (TPSA) is 110 Å². The Morgan fingerprint density at radius 3 is 2.20 bits per heavy atom. The minimum absolute atomic E-state index is 0.124. The molecule has 0 saturated heterocycles. The van der Waals surface area contributed by atoms with Crippen molar-refractivity contribution in [2.24, 2.45) is 0 Å². The van der Waals surface area contributed by atoms with E-state index in [-0.39, 0.29) is 23.0 Å². The summed E-state index contributed by atoms with van der Waals surface area (Å²) in [4.78, 5) is 22.3. The van der Waals surface area contributed by atoms with E-state index in [9.17, 15) is 14.7 Å². The maximum Gasteiger partial charge on any atom is 0.339 e. The van der Waals surface area contributed by atoms with Gasteiger partial charge in [-0.3, -0.25) is 0 Å². The smallest absolute Gasteiger partial charge is 0.339 e. The van der Waals surface area contributed by atoms with Crippen LogP contribution in [0.25, 0.3) is 0 Å². The van der Waals surface area contributed by atoms with Crippen molar-refractivity contribution in [3.8, 4) is 5.75 Å². The Kier molecular flexibility index (Phi) is 11.0. The minimum atomic E-state index is -1.16. The lowest BCUT2D eigenvalue weighted by Crippen LogP contribution is -2.06. The molecule has 2 aromatic carbocycles. The predicted octanol–water partition coefficient (Wildman–Crippen LogP) is 5.22. The molecule has 6 nitrogen and oxygen atoms in total. The largest absolute Gasteiger partial charge is 0.505 e. The van der Waals surface area contributed by atoms with E-state index in [1.807, 2.05) is 32.0 Å². The van der Waals surface area contributed by atoms with Crippen LogP contribution in [0.4, 0.5) is 5.69 Å². The Morgan fingerprint density at radius 2 is 1.67 bits per heavy atom. The van der Waals surface area contributed by atoms with Crippen LogP contribution in [0.1, 0.15) is 78.3 Å². The second-order valence-electron chi connectivity index (χ2n) is 6.90. The van der Waals surface area contributed by atoms with E-state index in [1.165, 1.54) is 18.9 Å². The van der Waals surface area contributed by atoms with Crippen molar-refractivity contribution in [2.75, 3.05) is 12.3 Å². The number of carbonyl (C=O) groups excluding carboxylic acids is 1. The first-order valence-corrected chi connectivity index (χ1v) is 10.5. The Morgan fingerprint density at radius 1 is 1.00 bits per heavy atom. The molecule has 0 aliphatic heterocycles. The van der Waals surface area contributed by atoms with Gasteiger partial charge in [0.15, 0.2) is 5.75 Å². The Hall–Kier alpha value is -3.02. The molecule has 0 aliphatic rings. The quantitative estimate of drug-likeness (QED) is 0.224. The lowest BCUT2D eigenvalue weighted by Gasteiger charge is -2.13. The monoisotopic (exact) mass is 415 g/mol. The van der Waals surface area contributed by atoms with Crippen LogP contribution >= 0.6 is 0 Å². The standard InChI is InChI=1S/C13H18O2.C11H15NO3/c1-2-3-4-8-11-15-13(14)12-9-6-5-7-10-12;1-3-6-5-8(11(14)15)10(13)9(12)7(6)4-2/h5-7,9-10H,2-4,8,11H2,1H3;5,13H,3-4,12H2,1-2H3,(H,14,15). The number of hydrogen-bond donors (Lipinski definition) is 3. The highest BCUT2D eigenvalue weighted by Crippen LogP contribution is 2.32. The van der Waals surface area contributed by atoms with Gasteiger partial charge in [-0.25, -0.2) is 9.59 Å². The van der Waals surface area contributed by atoms with Crippen molar-refractivity contribution in [2.45, 2.75) is 59.3 Å². The van der Waals surface area contributed by atoms with Gasteiger partial charge in [0.25, 0.3) is 0 Å².